The summed E-state index contributed by atoms with van der Waals surface area (Å²) in [6.45, 7) is 3.94. The van der Waals surface area contributed by atoms with E-state index in [9.17, 15) is 14.0 Å². The Balaban J connectivity index is 1.81. The molecule has 148 valence electrons. The molecule has 0 fully saturated rings. The van der Waals surface area contributed by atoms with Gasteiger partial charge in [-0.05, 0) is 42.0 Å². The molecule has 7 nitrogen and oxygen atoms in total. The molecular weight excluding hydrogens is 393 g/mol. The van der Waals surface area contributed by atoms with Crippen molar-refractivity contribution in [3.8, 4) is 0 Å². The molecule has 9 heteroatoms. The van der Waals surface area contributed by atoms with Gasteiger partial charge in [-0.1, -0.05) is 30.0 Å². The molecule has 0 unspecified atom stereocenters. The maximum Gasteiger partial charge on any atom is 0.297 e. The molecule has 0 saturated heterocycles. The summed E-state index contributed by atoms with van der Waals surface area (Å²) in [5.41, 5.74) is 6.69. The van der Waals surface area contributed by atoms with Crippen LogP contribution in [0.25, 0.3) is 0 Å². The predicted molar refractivity (Wildman–Crippen MR) is 111 cm³/mol. The average molecular weight is 411 g/mol. The van der Waals surface area contributed by atoms with E-state index in [-0.39, 0.29) is 23.7 Å². The van der Waals surface area contributed by atoms with Crippen LogP contribution in [0.2, 0.25) is 0 Å². The van der Waals surface area contributed by atoms with E-state index < -0.39 is 5.91 Å². The van der Waals surface area contributed by atoms with E-state index >= 15 is 0 Å². The first-order valence-electron chi connectivity index (χ1n) is 8.60. The normalized spacial score (nSPS) is 10.5. The lowest BCUT2D eigenvalue weighted by Gasteiger charge is -2.11. The lowest BCUT2D eigenvalue weighted by atomic mass is 10.2. The van der Waals surface area contributed by atoms with Gasteiger partial charge in [0.05, 0.1) is 0 Å². The molecule has 0 saturated carbocycles. The highest BCUT2D eigenvalue weighted by Gasteiger charge is 2.13. The second-order valence-electron chi connectivity index (χ2n) is 6.02. The van der Waals surface area contributed by atoms with Gasteiger partial charge < -0.3 is 11.1 Å². The molecule has 0 aliphatic carbocycles. The Morgan fingerprint density at radius 1 is 1.17 bits per heavy atom. The fourth-order valence-corrected chi connectivity index (χ4v) is 3.36. The Morgan fingerprint density at radius 2 is 1.86 bits per heavy atom. The standard InChI is InChI=1S/C20H18FN5O2S/c1-2-11-26-19(28)18(23-16-9-5-14(6-10-16)17(22)27)24-25-20(26)29-12-13-3-7-15(21)8-4-13/h2-10H,1,11-12H2,(H2,22,27)(H,23,24). The quantitative estimate of drug-likeness (QED) is 0.436. The van der Waals surface area contributed by atoms with Crippen LogP contribution >= 0.6 is 11.8 Å². The number of aromatic nitrogens is 3. The topological polar surface area (TPSA) is 103 Å². The van der Waals surface area contributed by atoms with Crippen molar-refractivity contribution in [1.82, 2.24) is 14.8 Å². The number of benzene rings is 2. The van der Waals surface area contributed by atoms with Crippen LogP contribution in [-0.4, -0.2) is 20.7 Å². The molecule has 0 atom stereocenters. The highest BCUT2D eigenvalue weighted by Crippen LogP contribution is 2.21. The van der Waals surface area contributed by atoms with Crippen molar-refractivity contribution in [3.63, 3.8) is 0 Å². The Morgan fingerprint density at radius 3 is 2.48 bits per heavy atom. The number of allylic oxidation sites excluding steroid dienone is 1. The van der Waals surface area contributed by atoms with E-state index in [0.29, 0.717) is 22.2 Å². The summed E-state index contributed by atoms with van der Waals surface area (Å²) in [5.74, 6) is -0.286. The molecule has 0 aliphatic heterocycles. The number of rotatable bonds is 8. The van der Waals surface area contributed by atoms with E-state index in [0.717, 1.165) is 5.56 Å². The van der Waals surface area contributed by atoms with Crippen LogP contribution in [0.4, 0.5) is 15.9 Å². The van der Waals surface area contributed by atoms with Crippen molar-refractivity contribution < 1.29 is 9.18 Å². The number of nitrogens with two attached hydrogens (primary N) is 1. The summed E-state index contributed by atoms with van der Waals surface area (Å²) in [4.78, 5) is 24.0. The van der Waals surface area contributed by atoms with Gasteiger partial charge in [0.2, 0.25) is 11.7 Å². The number of anilines is 2. The Hall–Kier alpha value is -3.46. The summed E-state index contributed by atoms with van der Waals surface area (Å²) in [6.07, 6.45) is 1.59. The summed E-state index contributed by atoms with van der Waals surface area (Å²) in [7, 11) is 0. The smallest absolute Gasteiger partial charge is 0.297 e. The number of nitrogens with one attached hydrogen (secondary N) is 1. The fraction of sp³-hybridized carbons (Fsp3) is 0.100. The molecule has 0 spiro atoms. The summed E-state index contributed by atoms with van der Waals surface area (Å²) >= 11 is 1.32. The molecule has 29 heavy (non-hydrogen) atoms. The third kappa shape index (κ3) is 5.08. The number of carbonyl (C=O) groups excluding carboxylic acids is 1. The highest BCUT2D eigenvalue weighted by atomic mass is 32.2. The van der Waals surface area contributed by atoms with Gasteiger partial charge in [0.15, 0.2) is 5.16 Å². The first-order valence-corrected chi connectivity index (χ1v) is 9.59. The van der Waals surface area contributed by atoms with Crippen molar-refractivity contribution in [3.05, 3.63) is 88.5 Å². The van der Waals surface area contributed by atoms with Gasteiger partial charge in [0.25, 0.3) is 5.56 Å². The van der Waals surface area contributed by atoms with Crippen LogP contribution in [0.1, 0.15) is 15.9 Å². The first kappa shape index (κ1) is 20.3. The SMILES string of the molecule is C=CCn1c(SCc2ccc(F)cc2)nnc(Nc2ccc(C(N)=O)cc2)c1=O. The molecule has 1 heterocycles. The molecular formula is C20H18FN5O2S. The van der Waals surface area contributed by atoms with Crippen molar-refractivity contribution in [2.45, 2.75) is 17.5 Å². The van der Waals surface area contributed by atoms with Crippen molar-refractivity contribution in [1.29, 1.82) is 0 Å². The van der Waals surface area contributed by atoms with Crippen molar-refractivity contribution >= 4 is 29.2 Å². The number of hydrogen-bond acceptors (Lipinski definition) is 6. The molecule has 1 aromatic heterocycles. The highest BCUT2D eigenvalue weighted by molar-refractivity contribution is 7.98. The third-order valence-electron chi connectivity index (χ3n) is 3.94. The minimum atomic E-state index is -0.535. The fourth-order valence-electron chi connectivity index (χ4n) is 2.46. The van der Waals surface area contributed by atoms with Gasteiger partial charge in [-0.25, -0.2) is 4.39 Å². The van der Waals surface area contributed by atoms with E-state index in [1.165, 1.54) is 28.5 Å². The van der Waals surface area contributed by atoms with Gasteiger partial charge in [0, 0.05) is 23.5 Å². The van der Waals surface area contributed by atoms with E-state index in [4.69, 9.17) is 5.73 Å². The van der Waals surface area contributed by atoms with E-state index in [1.807, 2.05) is 0 Å². The Kier molecular flexibility index (Phi) is 6.40. The van der Waals surface area contributed by atoms with Gasteiger partial charge in [-0.3, -0.25) is 14.2 Å². The Labute approximate surface area is 170 Å². The zero-order chi connectivity index (χ0) is 20.8. The molecule has 3 N–H and O–H groups in total. The zero-order valence-electron chi connectivity index (χ0n) is 15.3. The van der Waals surface area contributed by atoms with Crippen LogP contribution in [0.3, 0.4) is 0 Å². The molecule has 0 bridgehead atoms. The largest absolute Gasteiger partial charge is 0.366 e. The maximum absolute atomic E-state index is 13.0. The number of thioether (sulfide) groups is 1. The average Bonchev–Trinajstić information content (AvgIpc) is 2.72. The van der Waals surface area contributed by atoms with Crippen molar-refractivity contribution in [2.75, 3.05) is 5.32 Å². The van der Waals surface area contributed by atoms with E-state index in [1.54, 1.807) is 42.5 Å². The van der Waals surface area contributed by atoms with Gasteiger partial charge >= 0.3 is 0 Å². The molecule has 3 aromatic rings. The summed E-state index contributed by atoms with van der Waals surface area (Å²) < 4.78 is 14.5. The first-order chi connectivity index (χ1) is 14.0. The van der Waals surface area contributed by atoms with Crippen molar-refractivity contribution in [2.24, 2.45) is 5.73 Å². The number of carbonyl (C=O) groups is 1. The van der Waals surface area contributed by atoms with Crippen LogP contribution in [0.15, 0.2) is 71.1 Å². The van der Waals surface area contributed by atoms with Gasteiger partial charge in [-0.15, -0.1) is 16.8 Å². The van der Waals surface area contributed by atoms with Gasteiger partial charge in [0.1, 0.15) is 5.82 Å². The number of nitrogens with zero attached hydrogens (tertiary/aromatic N) is 3. The number of hydrogen-bond donors (Lipinski definition) is 2. The zero-order valence-corrected chi connectivity index (χ0v) is 16.2. The minimum absolute atomic E-state index is 0.0461. The monoisotopic (exact) mass is 411 g/mol. The number of primary amides is 1. The minimum Gasteiger partial charge on any atom is -0.366 e. The van der Waals surface area contributed by atoms with Crippen LogP contribution in [0, 0.1) is 5.82 Å². The van der Waals surface area contributed by atoms with Crippen LogP contribution in [-0.2, 0) is 12.3 Å². The molecule has 3 rings (SSSR count). The molecule has 2 aromatic carbocycles. The molecule has 0 aliphatic rings. The van der Waals surface area contributed by atoms with E-state index in [2.05, 4.69) is 22.1 Å². The number of amides is 1. The van der Waals surface area contributed by atoms with Gasteiger partial charge in [-0.2, -0.15) is 0 Å². The lowest BCUT2D eigenvalue weighted by Crippen LogP contribution is -2.26. The predicted octanol–water partition coefficient (Wildman–Crippen LogP) is 3.10. The number of halogens is 1. The summed E-state index contributed by atoms with van der Waals surface area (Å²) in [5, 5.41) is 11.5. The van der Waals surface area contributed by atoms with Crippen LogP contribution in [0.5, 0.6) is 0 Å². The molecule has 0 radical (unpaired) electrons. The summed E-state index contributed by atoms with van der Waals surface area (Å²) in [6, 6.07) is 12.5. The Bertz CT molecular complexity index is 1080. The van der Waals surface area contributed by atoms with Crippen LogP contribution < -0.4 is 16.6 Å². The second kappa shape index (κ2) is 9.16. The molecule has 1 amide bonds. The second-order valence-corrected chi connectivity index (χ2v) is 6.96. The maximum atomic E-state index is 13.0. The lowest BCUT2D eigenvalue weighted by molar-refractivity contribution is 0.100. The third-order valence-corrected chi connectivity index (χ3v) is 4.98.